The second kappa shape index (κ2) is 12.3. The summed E-state index contributed by atoms with van der Waals surface area (Å²) in [5.74, 6) is -3.84. The van der Waals surface area contributed by atoms with Gasteiger partial charge in [0.2, 0.25) is 0 Å². The normalized spacial score (nSPS) is 25.9. The Bertz CT molecular complexity index is 1450. The Balaban J connectivity index is 0.00000220. The monoisotopic (exact) mass is 590 g/mol. The van der Waals surface area contributed by atoms with Crippen LogP contribution in [0.1, 0.15) is 31.3 Å². The van der Waals surface area contributed by atoms with Crippen LogP contribution in [0.25, 0.3) is 11.0 Å². The summed E-state index contributed by atoms with van der Waals surface area (Å²) in [6.07, 6.45) is 1.57. The zero-order valence-corrected chi connectivity index (χ0v) is 27.7. The smallest absolute Gasteiger partial charge is 0.548 e. The number of aromatic carboxylic acids is 1. The Morgan fingerprint density at radius 1 is 1.20 bits per heavy atom. The molecule has 202 valence electrons. The van der Waals surface area contributed by atoms with Crippen LogP contribution in [0, 0.1) is 5.82 Å². The van der Waals surface area contributed by atoms with Gasteiger partial charge in [-0.05, 0) is 19.9 Å². The molecule has 0 aliphatic carbocycles. The van der Waals surface area contributed by atoms with Crippen LogP contribution in [0.2, 0.25) is 0 Å². The summed E-state index contributed by atoms with van der Waals surface area (Å²) in [6, 6.07) is 1.31. The number of hydrogen-bond acceptors (Lipinski definition) is 10. The molecule has 1 unspecified atom stereocenters. The summed E-state index contributed by atoms with van der Waals surface area (Å²) in [6.45, 7) is 6.74. The van der Waals surface area contributed by atoms with Crippen molar-refractivity contribution >= 4 is 52.8 Å². The van der Waals surface area contributed by atoms with Gasteiger partial charge in [0, 0.05) is 44.0 Å². The predicted molar refractivity (Wildman–Crippen MR) is 133 cm³/mol. The second-order valence-corrected chi connectivity index (χ2v) is 11.1. The van der Waals surface area contributed by atoms with Gasteiger partial charge in [0.1, 0.15) is 11.0 Å². The van der Waals surface area contributed by atoms with Gasteiger partial charge in [-0.15, -0.1) is 11.8 Å². The number of nitrogens with zero attached hydrogens (tertiary/aromatic N) is 6. The number of β-lactam (4-membered cyclic amide) rings is 1. The number of halogens is 1. The van der Waals surface area contributed by atoms with E-state index in [-0.39, 0.29) is 105 Å². The van der Waals surface area contributed by atoms with E-state index >= 15 is 0 Å². The Hall–Kier alpha value is -1.68. The summed E-state index contributed by atoms with van der Waals surface area (Å²) >= 11 is 1.38. The minimum absolute atomic E-state index is 0. The molecule has 3 saturated heterocycles. The van der Waals surface area contributed by atoms with Gasteiger partial charge in [0.25, 0.3) is 5.91 Å². The predicted octanol–water partition coefficient (Wildman–Crippen LogP) is -7.74. The van der Waals surface area contributed by atoms with E-state index in [1.165, 1.54) is 28.2 Å². The molecule has 5 heterocycles. The standard InChI is InChI=1S/C24H27FN6O6S.2Na/c1-4-30-15(22(34)35)10-16(32)13-9-14(25)19(27-18(13)30)29-7-5-28(6-8-29)11-26-17-20(33)31-21(17)38-12(2)24(31,3)23(36)37;;/h9-12,17,21H,4-8H2,1-3H3,(H,34,35)(H,36,37);;/q;2*+1/p-2/t12?,17-,21-,24+;;/m1../s1. The van der Waals surface area contributed by atoms with Gasteiger partial charge in [-0.1, -0.05) is 6.92 Å². The molecule has 0 spiro atoms. The van der Waals surface area contributed by atoms with E-state index in [1.807, 2.05) is 4.90 Å². The van der Waals surface area contributed by atoms with E-state index in [4.69, 9.17) is 0 Å². The van der Waals surface area contributed by atoms with Gasteiger partial charge in [0.15, 0.2) is 23.1 Å². The molecule has 5 rings (SSSR count). The van der Waals surface area contributed by atoms with Gasteiger partial charge in [0.05, 0.1) is 34.9 Å². The first kappa shape index (κ1) is 32.8. The number of rotatable bonds is 6. The molecule has 40 heavy (non-hydrogen) atoms. The van der Waals surface area contributed by atoms with Crippen LogP contribution >= 0.6 is 11.8 Å². The van der Waals surface area contributed by atoms with E-state index in [1.54, 1.807) is 25.1 Å². The first-order valence-electron chi connectivity index (χ1n) is 12.2. The SMILES string of the molecule is CCn1c(C(=O)[O-])cc(=O)c2cc(F)c(N3CCN(C=N[C@@H]4C(=O)N5[C@@H]4SC(C)[C@@]5(C)C(=O)[O-])CC3)nc21.[Na+].[Na+]. The quantitative estimate of drug-likeness (QED) is 0.137. The zero-order valence-electron chi connectivity index (χ0n) is 22.9. The summed E-state index contributed by atoms with van der Waals surface area (Å²) in [5.41, 5.74) is -2.28. The van der Waals surface area contributed by atoms with Crippen LogP contribution in [-0.4, -0.2) is 91.9 Å². The van der Waals surface area contributed by atoms with E-state index in [9.17, 15) is 33.8 Å². The third-order valence-corrected chi connectivity index (χ3v) is 9.23. The van der Waals surface area contributed by atoms with Gasteiger partial charge < -0.3 is 39.1 Å². The van der Waals surface area contributed by atoms with Crippen LogP contribution in [-0.2, 0) is 16.1 Å². The average molecular weight is 591 g/mol. The van der Waals surface area contributed by atoms with Crippen molar-refractivity contribution in [2.75, 3.05) is 31.1 Å². The van der Waals surface area contributed by atoms with E-state index in [0.29, 0.717) is 26.2 Å². The number of hydrogen-bond donors (Lipinski definition) is 0. The molecule has 2 aromatic rings. The van der Waals surface area contributed by atoms with Gasteiger partial charge in [-0.2, -0.15) is 0 Å². The molecule has 1 amide bonds. The molecule has 3 fully saturated rings. The summed E-state index contributed by atoms with van der Waals surface area (Å²) in [5, 5.41) is 22.5. The number of carboxylic acids is 2. The zero-order chi connectivity index (χ0) is 27.5. The van der Waals surface area contributed by atoms with E-state index < -0.39 is 34.8 Å². The van der Waals surface area contributed by atoms with Crippen molar-refractivity contribution < 1.29 is 88.1 Å². The first-order valence-corrected chi connectivity index (χ1v) is 13.1. The Morgan fingerprint density at radius 3 is 2.42 bits per heavy atom. The number of aryl methyl sites for hydroxylation is 1. The Labute approximate surface area is 277 Å². The van der Waals surface area contributed by atoms with Crippen LogP contribution < -0.4 is 79.7 Å². The molecule has 0 bridgehead atoms. The van der Waals surface area contributed by atoms with Crippen molar-refractivity contribution in [3.63, 3.8) is 0 Å². The van der Waals surface area contributed by atoms with Crippen molar-refractivity contribution in [3.8, 4) is 0 Å². The molecular formula is C24H25FN6Na2O6S. The first-order chi connectivity index (χ1) is 18.0. The number of amides is 1. The molecule has 4 atom stereocenters. The number of aliphatic carboxylic acids is 1. The number of carbonyl (C=O) groups excluding carboxylic acids is 3. The fourth-order valence-electron chi connectivity index (χ4n) is 5.19. The number of carbonyl (C=O) groups is 3. The van der Waals surface area contributed by atoms with Gasteiger partial charge in [-0.3, -0.25) is 14.6 Å². The van der Waals surface area contributed by atoms with Crippen molar-refractivity contribution in [2.45, 2.75) is 49.5 Å². The van der Waals surface area contributed by atoms with Crippen LogP contribution in [0.3, 0.4) is 0 Å². The number of carboxylic acid groups (broad SMARTS) is 2. The molecule has 0 saturated carbocycles. The summed E-state index contributed by atoms with van der Waals surface area (Å²) in [7, 11) is 0. The number of anilines is 1. The average Bonchev–Trinajstić information content (AvgIpc) is 3.12. The minimum atomic E-state index is -1.52. The van der Waals surface area contributed by atoms with Crippen molar-refractivity contribution in [3.05, 3.63) is 33.9 Å². The second-order valence-electron chi connectivity index (χ2n) is 9.64. The molecule has 16 heteroatoms. The van der Waals surface area contributed by atoms with Gasteiger partial charge in [-0.25, -0.2) is 9.37 Å². The molecule has 0 radical (unpaired) electrons. The number of aromatic nitrogens is 2. The van der Waals surface area contributed by atoms with E-state index in [0.717, 1.165) is 12.1 Å². The summed E-state index contributed by atoms with van der Waals surface area (Å²) in [4.78, 5) is 61.9. The number of thioether (sulfide) groups is 1. The topological polar surface area (TPSA) is 154 Å². The van der Waals surface area contributed by atoms with Crippen LogP contribution in [0.15, 0.2) is 21.9 Å². The van der Waals surface area contributed by atoms with Crippen LogP contribution in [0.5, 0.6) is 0 Å². The number of aliphatic imine (C=N–C) groups is 1. The largest absolute Gasteiger partial charge is 1.00 e. The number of piperazine rings is 1. The molecule has 3 aliphatic rings. The van der Waals surface area contributed by atoms with Crippen molar-refractivity contribution in [1.82, 2.24) is 19.4 Å². The maximum absolute atomic E-state index is 15.0. The maximum atomic E-state index is 15.0. The minimum Gasteiger partial charge on any atom is -0.548 e. The molecular weight excluding hydrogens is 565 g/mol. The third kappa shape index (κ3) is 5.20. The number of fused-ring (bicyclic) bond motifs is 2. The Morgan fingerprint density at radius 2 is 1.85 bits per heavy atom. The number of pyridine rings is 2. The fourth-order valence-corrected chi connectivity index (χ4v) is 6.87. The molecule has 3 aliphatic heterocycles. The summed E-state index contributed by atoms with van der Waals surface area (Å²) < 4.78 is 16.3. The maximum Gasteiger partial charge on any atom is 1.00 e. The fraction of sp³-hybridized carbons (Fsp3) is 0.500. The van der Waals surface area contributed by atoms with Crippen molar-refractivity contribution in [2.24, 2.45) is 4.99 Å². The molecule has 12 nitrogen and oxygen atoms in total. The third-order valence-electron chi connectivity index (χ3n) is 7.61. The van der Waals surface area contributed by atoms with E-state index in [2.05, 4.69) is 9.98 Å². The van der Waals surface area contributed by atoms with Crippen LogP contribution in [0.4, 0.5) is 10.2 Å². The Kier molecular flexibility index (Phi) is 10.1. The van der Waals surface area contributed by atoms with Gasteiger partial charge >= 0.3 is 59.1 Å². The molecule has 2 aromatic heterocycles. The molecule has 0 aromatic carbocycles. The van der Waals surface area contributed by atoms with Crippen molar-refractivity contribution in [1.29, 1.82) is 0 Å². The molecule has 0 N–H and O–H groups in total.